The van der Waals surface area contributed by atoms with E-state index < -0.39 is 0 Å². The summed E-state index contributed by atoms with van der Waals surface area (Å²) in [7, 11) is 0. The van der Waals surface area contributed by atoms with Crippen LogP contribution >= 0.6 is 0 Å². The quantitative estimate of drug-likeness (QED) is 0.830. The van der Waals surface area contributed by atoms with Gasteiger partial charge in [-0.3, -0.25) is 9.69 Å². The van der Waals surface area contributed by atoms with Gasteiger partial charge in [-0.05, 0) is 38.5 Å². The normalized spacial score (nSPS) is 25.6. The number of nitrogens with zero attached hydrogens (tertiary/aromatic N) is 3. The van der Waals surface area contributed by atoms with Crippen LogP contribution in [0.1, 0.15) is 32.4 Å². The largest absolute Gasteiger partial charge is 0.360 e. The highest BCUT2D eigenvalue weighted by Gasteiger charge is 2.26. The number of aryl methyl sites for hydroxylation is 1. The van der Waals surface area contributed by atoms with Gasteiger partial charge in [0.25, 0.3) is 0 Å². The molecule has 2 unspecified atom stereocenters. The number of nitrogens with one attached hydrogen (secondary N) is 1. The Kier molecular flexibility index (Phi) is 5.91. The molecule has 0 spiro atoms. The zero-order valence-electron chi connectivity index (χ0n) is 15.6. The summed E-state index contributed by atoms with van der Waals surface area (Å²) in [6, 6.07) is 1.73. The summed E-state index contributed by atoms with van der Waals surface area (Å²) in [4.78, 5) is 16.9. The summed E-state index contributed by atoms with van der Waals surface area (Å²) in [5.41, 5.74) is 1.56. The Hall–Kier alpha value is -1.66. The van der Waals surface area contributed by atoms with Crippen molar-refractivity contribution in [1.82, 2.24) is 15.0 Å². The molecule has 138 valence electrons. The predicted molar refractivity (Wildman–Crippen MR) is 98.4 cm³/mol. The highest BCUT2D eigenvalue weighted by Crippen LogP contribution is 2.30. The molecule has 0 saturated carbocycles. The van der Waals surface area contributed by atoms with Crippen LogP contribution in [0.4, 0.5) is 5.82 Å². The summed E-state index contributed by atoms with van der Waals surface area (Å²) in [6.07, 6.45) is 4.96. The van der Waals surface area contributed by atoms with Crippen molar-refractivity contribution < 1.29 is 9.32 Å². The molecule has 0 bridgehead atoms. The molecule has 1 aliphatic heterocycles. The second-order valence-corrected chi connectivity index (χ2v) is 7.56. The van der Waals surface area contributed by atoms with Gasteiger partial charge in [0.2, 0.25) is 5.91 Å². The van der Waals surface area contributed by atoms with Crippen molar-refractivity contribution in [2.45, 2.75) is 33.6 Å². The van der Waals surface area contributed by atoms with E-state index in [9.17, 15) is 4.79 Å². The summed E-state index contributed by atoms with van der Waals surface area (Å²) in [5.74, 6) is 2.64. The van der Waals surface area contributed by atoms with Crippen molar-refractivity contribution >= 4 is 11.7 Å². The van der Waals surface area contributed by atoms with E-state index in [4.69, 9.17) is 4.52 Å². The Morgan fingerprint density at radius 2 is 2.00 bits per heavy atom. The molecule has 6 heteroatoms. The Labute approximate surface area is 150 Å². The molecule has 2 heterocycles. The number of carbonyl (C=O) groups excluding carboxylic acids is 1. The minimum absolute atomic E-state index is 0.0265. The lowest BCUT2D eigenvalue weighted by Crippen LogP contribution is -2.50. The van der Waals surface area contributed by atoms with Gasteiger partial charge in [-0.2, -0.15) is 0 Å². The second kappa shape index (κ2) is 8.15. The summed E-state index contributed by atoms with van der Waals surface area (Å²) >= 11 is 0. The molecule has 2 atom stereocenters. The number of hydrogen-bond donors (Lipinski definition) is 1. The van der Waals surface area contributed by atoms with E-state index in [-0.39, 0.29) is 5.91 Å². The molecule has 1 amide bonds. The first-order valence-corrected chi connectivity index (χ1v) is 9.36. The zero-order valence-corrected chi connectivity index (χ0v) is 15.6. The van der Waals surface area contributed by atoms with E-state index in [1.54, 1.807) is 11.6 Å². The Balaban J connectivity index is 1.41. The van der Waals surface area contributed by atoms with Crippen molar-refractivity contribution in [2.24, 2.45) is 11.8 Å². The van der Waals surface area contributed by atoms with Gasteiger partial charge in [0.05, 0.1) is 6.54 Å². The number of anilines is 1. The third kappa shape index (κ3) is 4.92. The first-order chi connectivity index (χ1) is 12.0. The lowest BCUT2D eigenvalue weighted by Gasteiger charge is -2.38. The second-order valence-electron chi connectivity index (χ2n) is 7.56. The third-order valence-electron chi connectivity index (χ3n) is 5.54. The lowest BCUT2D eigenvalue weighted by atomic mass is 9.80. The zero-order chi connectivity index (χ0) is 17.8. The smallest absolute Gasteiger partial charge is 0.239 e. The van der Waals surface area contributed by atoms with Crippen LogP contribution < -0.4 is 5.32 Å². The molecule has 1 aromatic rings. The summed E-state index contributed by atoms with van der Waals surface area (Å²) in [6.45, 7) is 12.0. The van der Waals surface area contributed by atoms with Gasteiger partial charge >= 0.3 is 0 Å². The van der Waals surface area contributed by atoms with Crippen LogP contribution in [0.15, 0.2) is 22.2 Å². The van der Waals surface area contributed by atoms with Gasteiger partial charge in [0.1, 0.15) is 5.76 Å². The number of allylic oxidation sites excluding steroid dienone is 1. The fourth-order valence-electron chi connectivity index (χ4n) is 3.92. The van der Waals surface area contributed by atoms with E-state index in [1.807, 2.05) is 6.92 Å². The summed E-state index contributed by atoms with van der Waals surface area (Å²) < 4.78 is 4.97. The molecule has 3 rings (SSSR count). The van der Waals surface area contributed by atoms with Crippen molar-refractivity contribution in [3.63, 3.8) is 0 Å². The minimum atomic E-state index is -0.0265. The van der Waals surface area contributed by atoms with Gasteiger partial charge in [-0.1, -0.05) is 23.7 Å². The molecule has 6 nitrogen and oxygen atoms in total. The van der Waals surface area contributed by atoms with E-state index in [1.165, 1.54) is 12.8 Å². The Morgan fingerprint density at radius 3 is 2.64 bits per heavy atom. The maximum Gasteiger partial charge on any atom is 0.239 e. The fraction of sp³-hybridized carbons (Fsp3) is 0.684. The molecule has 1 saturated heterocycles. The van der Waals surface area contributed by atoms with Crippen LogP contribution in [0.5, 0.6) is 0 Å². The maximum atomic E-state index is 12.1. The number of carbonyl (C=O) groups is 1. The van der Waals surface area contributed by atoms with E-state index in [2.05, 4.69) is 40.2 Å². The number of aromatic nitrogens is 1. The van der Waals surface area contributed by atoms with Gasteiger partial charge < -0.3 is 14.7 Å². The van der Waals surface area contributed by atoms with Gasteiger partial charge in [0.15, 0.2) is 5.82 Å². The van der Waals surface area contributed by atoms with Crippen molar-refractivity contribution in [3.8, 4) is 0 Å². The molecule has 1 aromatic heterocycles. The molecule has 2 aliphatic rings. The summed E-state index contributed by atoms with van der Waals surface area (Å²) in [5, 5.41) is 6.59. The predicted octanol–water partition coefficient (Wildman–Crippen LogP) is 2.53. The average molecular weight is 346 g/mol. The third-order valence-corrected chi connectivity index (χ3v) is 5.54. The number of piperazine rings is 1. The first-order valence-electron chi connectivity index (χ1n) is 9.36. The Bertz CT molecular complexity index is 617. The van der Waals surface area contributed by atoms with Crippen LogP contribution in [-0.2, 0) is 4.79 Å². The highest BCUT2D eigenvalue weighted by atomic mass is 16.5. The minimum Gasteiger partial charge on any atom is -0.360 e. The highest BCUT2D eigenvalue weighted by molar-refractivity contribution is 5.91. The van der Waals surface area contributed by atoms with E-state index in [0.29, 0.717) is 24.0 Å². The fourth-order valence-corrected chi connectivity index (χ4v) is 3.92. The topological polar surface area (TPSA) is 61.6 Å². The number of hydrogen-bond acceptors (Lipinski definition) is 5. The SMILES string of the molecule is CC1=CCCC(C)C1CN1CCN(CC(=O)Nc2cc(C)on2)CC1. The molecule has 0 radical (unpaired) electrons. The average Bonchev–Trinajstić information content (AvgIpc) is 2.97. The molecule has 1 N–H and O–H groups in total. The van der Waals surface area contributed by atoms with Crippen molar-refractivity contribution in [2.75, 3.05) is 44.6 Å². The maximum absolute atomic E-state index is 12.1. The van der Waals surface area contributed by atoms with Crippen LogP contribution in [0.25, 0.3) is 0 Å². The van der Waals surface area contributed by atoms with Crippen molar-refractivity contribution in [1.29, 1.82) is 0 Å². The van der Waals surface area contributed by atoms with Crippen LogP contribution in [0.2, 0.25) is 0 Å². The molecule has 1 aliphatic carbocycles. The van der Waals surface area contributed by atoms with E-state index >= 15 is 0 Å². The van der Waals surface area contributed by atoms with Gasteiger partial charge in [-0.15, -0.1) is 0 Å². The van der Waals surface area contributed by atoms with Crippen molar-refractivity contribution in [3.05, 3.63) is 23.5 Å². The molecule has 1 fully saturated rings. The van der Waals surface area contributed by atoms with Crippen LogP contribution in [0.3, 0.4) is 0 Å². The molecule has 25 heavy (non-hydrogen) atoms. The van der Waals surface area contributed by atoms with Gasteiger partial charge in [0, 0.05) is 38.8 Å². The first kappa shape index (κ1) is 18.1. The molecular formula is C19H30N4O2. The lowest BCUT2D eigenvalue weighted by molar-refractivity contribution is -0.117. The number of amides is 1. The van der Waals surface area contributed by atoms with Crippen LogP contribution in [0, 0.1) is 18.8 Å². The molecule has 0 aromatic carbocycles. The standard InChI is InChI=1S/C19H30N4O2/c1-14-5-4-6-15(2)17(14)12-22-7-9-23(10-8-22)13-19(24)20-18-11-16(3)25-21-18/h5,11,15,17H,4,6-10,12-13H2,1-3H3,(H,20,21,24). The Morgan fingerprint density at radius 1 is 1.28 bits per heavy atom. The number of rotatable bonds is 5. The van der Waals surface area contributed by atoms with Gasteiger partial charge in [-0.25, -0.2) is 0 Å². The monoisotopic (exact) mass is 346 g/mol. The van der Waals surface area contributed by atoms with E-state index in [0.717, 1.165) is 38.6 Å². The van der Waals surface area contributed by atoms with Crippen LogP contribution in [-0.4, -0.2) is 60.1 Å². The molecular weight excluding hydrogens is 316 g/mol.